The third kappa shape index (κ3) is 5.81. The number of hydrogen-bond acceptors (Lipinski definition) is 4. The second-order valence-electron chi connectivity index (χ2n) is 8.70. The molecule has 0 heterocycles. The van der Waals surface area contributed by atoms with Crippen molar-refractivity contribution in [1.82, 2.24) is 5.32 Å². The average molecular weight is 358 g/mol. The minimum atomic E-state index is -0.307. The van der Waals surface area contributed by atoms with E-state index < -0.39 is 0 Å². The molecule has 8 heteroatoms. The van der Waals surface area contributed by atoms with Crippen molar-refractivity contribution < 1.29 is 14.4 Å². The predicted octanol–water partition coefficient (Wildman–Crippen LogP) is 1.93. The van der Waals surface area contributed by atoms with E-state index in [0.29, 0.717) is 0 Å². The van der Waals surface area contributed by atoms with E-state index >= 15 is 0 Å². The number of nitrogens with two attached hydrogens (primary N) is 1. The molecule has 142 valence electrons. The van der Waals surface area contributed by atoms with E-state index in [-0.39, 0.29) is 24.5 Å². The number of nitrogens with one attached hydrogen (secondary N) is 1. The van der Waals surface area contributed by atoms with Crippen LogP contribution in [0.1, 0.15) is 64.2 Å². The number of carbonyl (C=O) groups excluding carboxylic acids is 1. The standard InChI is InChI=1S/C18H33B3N2O3/c22-26-13-12-25-17(24)23-18(21-16-10-5-11-16,19-14-6-1-2-7-14)20-15-8-3-4-9-15/h6,15-16,19-21H,1-5,7-13,22H2,(H,23,24). The summed E-state index contributed by atoms with van der Waals surface area (Å²) in [5.41, 5.74) is 1.54. The van der Waals surface area contributed by atoms with Gasteiger partial charge in [-0.25, -0.2) is 10.7 Å². The molecule has 1 amide bonds. The second kappa shape index (κ2) is 9.89. The Morgan fingerprint density at radius 2 is 1.81 bits per heavy atom. The molecular weight excluding hydrogens is 325 g/mol. The minimum Gasteiger partial charge on any atom is -0.447 e. The predicted molar refractivity (Wildman–Crippen MR) is 111 cm³/mol. The SMILES string of the molecule is NOCCOC(=O)NC(BC1=CCCC1)(BC1CCCC1)BC1CCC1. The van der Waals surface area contributed by atoms with Gasteiger partial charge in [-0.05, 0) is 24.5 Å². The lowest BCUT2D eigenvalue weighted by Crippen LogP contribution is -2.64. The quantitative estimate of drug-likeness (QED) is 0.356. The van der Waals surface area contributed by atoms with Crippen molar-refractivity contribution in [3.63, 3.8) is 0 Å². The summed E-state index contributed by atoms with van der Waals surface area (Å²) in [5.74, 6) is 6.53. The van der Waals surface area contributed by atoms with E-state index in [0.717, 1.165) is 33.5 Å². The maximum Gasteiger partial charge on any atom is 0.405 e. The first-order valence-corrected chi connectivity index (χ1v) is 10.6. The van der Waals surface area contributed by atoms with Crippen LogP contribution in [0.25, 0.3) is 0 Å². The summed E-state index contributed by atoms with van der Waals surface area (Å²) >= 11 is 0. The highest BCUT2D eigenvalue weighted by molar-refractivity contribution is 6.84. The first-order valence-electron chi connectivity index (χ1n) is 10.6. The highest BCUT2D eigenvalue weighted by atomic mass is 16.6. The smallest absolute Gasteiger partial charge is 0.405 e. The van der Waals surface area contributed by atoms with Gasteiger partial charge >= 0.3 is 6.09 Å². The summed E-state index contributed by atoms with van der Waals surface area (Å²) in [6.07, 6.45) is 15.0. The lowest BCUT2D eigenvalue weighted by molar-refractivity contribution is 0.0732. The fraction of sp³-hybridized carbons (Fsp3) is 0.833. The Morgan fingerprint density at radius 3 is 2.35 bits per heavy atom. The molecule has 2 saturated carbocycles. The van der Waals surface area contributed by atoms with Gasteiger partial charge in [0.1, 0.15) is 27.8 Å². The second-order valence-corrected chi connectivity index (χ2v) is 8.70. The zero-order chi connectivity index (χ0) is 18.2. The summed E-state index contributed by atoms with van der Waals surface area (Å²) in [6.45, 7) is 0.435. The third-order valence-electron chi connectivity index (χ3n) is 6.56. The van der Waals surface area contributed by atoms with Crippen LogP contribution in [0.15, 0.2) is 11.5 Å². The molecule has 0 aromatic rings. The Balaban J connectivity index is 1.70. The Hall–Kier alpha value is -0.875. The van der Waals surface area contributed by atoms with Crippen LogP contribution < -0.4 is 11.2 Å². The largest absolute Gasteiger partial charge is 0.447 e. The zero-order valence-corrected chi connectivity index (χ0v) is 16.1. The van der Waals surface area contributed by atoms with Crippen LogP contribution >= 0.6 is 0 Å². The van der Waals surface area contributed by atoms with Crippen molar-refractivity contribution >= 4 is 27.9 Å². The number of alkyl carbamates (subject to hydrolysis) is 1. The summed E-state index contributed by atoms with van der Waals surface area (Å²) in [6, 6.07) is 0. The van der Waals surface area contributed by atoms with Crippen molar-refractivity contribution in [2.45, 2.75) is 81.1 Å². The van der Waals surface area contributed by atoms with Gasteiger partial charge in [0.05, 0.1) is 0 Å². The van der Waals surface area contributed by atoms with Gasteiger partial charge in [-0.2, -0.15) is 0 Å². The fourth-order valence-electron chi connectivity index (χ4n) is 5.16. The lowest BCUT2D eigenvalue weighted by atomic mass is 9.18. The molecule has 0 bridgehead atoms. The van der Waals surface area contributed by atoms with Crippen LogP contribution in [0, 0.1) is 0 Å². The van der Waals surface area contributed by atoms with Crippen LogP contribution in [0.2, 0.25) is 11.6 Å². The normalized spacial score (nSPS) is 22.9. The third-order valence-corrected chi connectivity index (χ3v) is 6.56. The molecule has 3 aliphatic rings. The molecule has 1 unspecified atom stereocenters. The van der Waals surface area contributed by atoms with Gasteiger partial charge < -0.3 is 14.9 Å². The van der Waals surface area contributed by atoms with Gasteiger partial charge in [0, 0.05) is 0 Å². The molecule has 3 aliphatic carbocycles. The molecule has 0 spiro atoms. The van der Waals surface area contributed by atoms with Gasteiger partial charge in [0.15, 0.2) is 7.28 Å². The van der Waals surface area contributed by atoms with Crippen LogP contribution in [0.4, 0.5) is 4.79 Å². The zero-order valence-electron chi connectivity index (χ0n) is 16.1. The maximum atomic E-state index is 12.5. The first kappa shape index (κ1) is 19.9. The van der Waals surface area contributed by atoms with Crippen molar-refractivity contribution in [2.24, 2.45) is 5.90 Å². The summed E-state index contributed by atoms with van der Waals surface area (Å²) < 4.78 is 5.33. The molecule has 0 aromatic heterocycles. The molecule has 3 N–H and O–H groups in total. The monoisotopic (exact) mass is 358 g/mol. The number of amides is 1. The van der Waals surface area contributed by atoms with Crippen molar-refractivity contribution in [3.8, 4) is 0 Å². The molecule has 26 heavy (non-hydrogen) atoms. The van der Waals surface area contributed by atoms with Gasteiger partial charge in [0.2, 0.25) is 0 Å². The van der Waals surface area contributed by atoms with Crippen LogP contribution in [0.5, 0.6) is 0 Å². The highest BCUT2D eigenvalue weighted by Gasteiger charge is 2.42. The highest BCUT2D eigenvalue weighted by Crippen LogP contribution is 2.37. The summed E-state index contributed by atoms with van der Waals surface area (Å²) in [5, 5.41) is 3.20. The maximum absolute atomic E-state index is 12.5. The molecule has 2 fully saturated rings. The van der Waals surface area contributed by atoms with Crippen molar-refractivity contribution in [3.05, 3.63) is 11.5 Å². The molecule has 3 rings (SSSR count). The summed E-state index contributed by atoms with van der Waals surface area (Å²) in [4.78, 5) is 17.0. The number of rotatable bonds is 10. The molecule has 1 atom stereocenters. The number of ether oxygens (including phenoxy) is 1. The molecular formula is C18H33B3N2O3. The lowest BCUT2D eigenvalue weighted by Gasteiger charge is -2.40. The molecule has 0 radical (unpaired) electrons. The minimum absolute atomic E-state index is 0.142. The van der Waals surface area contributed by atoms with Gasteiger partial charge in [-0.15, -0.1) is 5.47 Å². The molecule has 0 aliphatic heterocycles. The Kier molecular flexibility index (Phi) is 7.56. The number of carbonyl (C=O) groups is 1. The summed E-state index contributed by atoms with van der Waals surface area (Å²) in [7, 11) is 3.20. The van der Waals surface area contributed by atoms with E-state index in [1.807, 2.05) is 0 Å². The van der Waals surface area contributed by atoms with E-state index in [9.17, 15) is 4.79 Å². The first-order chi connectivity index (χ1) is 12.7. The van der Waals surface area contributed by atoms with E-state index in [4.69, 9.17) is 10.6 Å². The van der Waals surface area contributed by atoms with Crippen LogP contribution in [-0.2, 0) is 9.57 Å². The van der Waals surface area contributed by atoms with Gasteiger partial charge in [-0.3, -0.25) is 0 Å². The van der Waals surface area contributed by atoms with Crippen molar-refractivity contribution in [1.29, 1.82) is 0 Å². The Morgan fingerprint density at radius 1 is 1.12 bits per heavy atom. The number of hydrogen-bond donors (Lipinski definition) is 2. The topological polar surface area (TPSA) is 73.6 Å². The van der Waals surface area contributed by atoms with E-state index in [2.05, 4.69) is 16.2 Å². The average Bonchev–Trinajstić information content (AvgIpc) is 3.25. The molecule has 0 saturated heterocycles. The van der Waals surface area contributed by atoms with E-state index in [1.54, 1.807) is 0 Å². The molecule has 0 aromatic carbocycles. The van der Waals surface area contributed by atoms with Crippen LogP contribution in [-0.4, -0.2) is 46.4 Å². The van der Waals surface area contributed by atoms with Crippen LogP contribution in [0.3, 0.4) is 0 Å². The van der Waals surface area contributed by atoms with E-state index in [1.165, 1.54) is 69.7 Å². The van der Waals surface area contributed by atoms with Gasteiger partial charge in [-0.1, -0.05) is 62.7 Å². The fourth-order valence-corrected chi connectivity index (χ4v) is 5.16. The Bertz CT molecular complexity index is 496. The van der Waals surface area contributed by atoms with Gasteiger partial charge in [0.25, 0.3) is 0 Å². The van der Waals surface area contributed by atoms with Crippen molar-refractivity contribution in [2.75, 3.05) is 13.2 Å². The molecule has 5 nitrogen and oxygen atoms in total. The number of allylic oxidation sites excluding steroid dienone is 2. The Labute approximate surface area is 159 Å².